The van der Waals surface area contributed by atoms with Crippen LogP contribution in [-0.4, -0.2) is 9.55 Å². The zero-order chi connectivity index (χ0) is 11.1. The molecule has 0 aliphatic heterocycles. The molecule has 1 aliphatic rings. The molecule has 1 saturated carbocycles. The predicted octanol–water partition coefficient (Wildman–Crippen LogP) is 4.00. The Labute approximate surface area is 96.7 Å². The number of aryl methyl sites for hydroxylation is 1. The van der Waals surface area contributed by atoms with Gasteiger partial charge in [-0.2, -0.15) is 0 Å². The van der Waals surface area contributed by atoms with Crippen LogP contribution in [0.25, 0.3) is 0 Å². The molecule has 2 rings (SSSR count). The van der Waals surface area contributed by atoms with E-state index in [1.54, 1.807) is 0 Å². The van der Waals surface area contributed by atoms with E-state index in [0.717, 1.165) is 4.77 Å². The van der Waals surface area contributed by atoms with Gasteiger partial charge in [-0.05, 0) is 37.4 Å². The molecule has 3 heteroatoms. The van der Waals surface area contributed by atoms with E-state index in [1.807, 2.05) is 6.20 Å². The van der Waals surface area contributed by atoms with Gasteiger partial charge in [0.1, 0.15) is 0 Å². The van der Waals surface area contributed by atoms with E-state index >= 15 is 0 Å². The Hall–Kier alpha value is -0.570. The third-order valence-electron chi connectivity index (χ3n) is 3.77. The highest BCUT2D eigenvalue weighted by Gasteiger charge is 2.34. The molecule has 84 valence electrons. The number of nitrogens with zero attached hydrogens (tertiary/aromatic N) is 1. The summed E-state index contributed by atoms with van der Waals surface area (Å²) in [6, 6.07) is 0.574. The Balaban J connectivity index is 2.41. The van der Waals surface area contributed by atoms with Gasteiger partial charge in [0.2, 0.25) is 0 Å². The van der Waals surface area contributed by atoms with E-state index in [9.17, 15) is 0 Å². The van der Waals surface area contributed by atoms with Crippen molar-refractivity contribution in [2.24, 2.45) is 5.41 Å². The highest BCUT2D eigenvalue weighted by atomic mass is 32.1. The summed E-state index contributed by atoms with van der Waals surface area (Å²) < 4.78 is 3.20. The van der Waals surface area contributed by atoms with Crippen LogP contribution in [0.2, 0.25) is 0 Å². The predicted molar refractivity (Wildman–Crippen MR) is 65.6 cm³/mol. The average Bonchev–Trinajstić information content (AvgIpc) is 2.47. The van der Waals surface area contributed by atoms with Gasteiger partial charge in [0.15, 0.2) is 4.77 Å². The van der Waals surface area contributed by atoms with E-state index in [4.69, 9.17) is 12.2 Å². The van der Waals surface area contributed by atoms with E-state index in [0.29, 0.717) is 11.5 Å². The lowest BCUT2D eigenvalue weighted by Crippen LogP contribution is -2.31. The first kappa shape index (κ1) is 10.9. The van der Waals surface area contributed by atoms with E-state index in [1.165, 1.54) is 31.4 Å². The highest BCUT2D eigenvalue weighted by Crippen LogP contribution is 2.44. The van der Waals surface area contributed by atoms with Gasteiger partial charge in [-0.1, -0.05) is 26.7 Å². The third-order valence-corrected chi connectivity index (χ3v) is 4.08. The highest BCUT2D eigenvalue weighted by molar-refractivity contribution is 7.71. The molecule has 1 heterocycles. The zero-order valence-electron chi connectivity index (χ0n) is 9.84. The molecule has 0 bridgehead atoms. The van der Waals surface area contributed by atoms with Crippen LogP contribution in [0, 0.1) is 17.1 Å². The molecule has 0 amide bonds. The Morgan fingerprint density at radius 3 is 2.73 bits per heavy atom. The van der Waals surface area contributed by atoms with Crippen molar-refractivity contribution in [1.29, 1.82) is 0 Å². The summed E-state index contributed by atoms with van der Waals surface area (Å²) >= 11 is 5.36. The van der Waals surface area contributed by atoms with Crippen LogP contribution in [0.5, 0.6) is 0 Å². The lowest BCUT2D eigenvalue weighted by molar-refractivity contribution is 0.141. The largest absolute Gasteiger partial charge is 0.337 e. The first-order valence-corrected chi connectivity index (χ1v) is 6.20. The van der Waals surface area contributed by atoms with Gasteiger partial charge in [-0.25, -0.2) is 0 Å². The molecule has 1 atom stereocenters. The molecule has 15 heavy (non-hydrogen) atoms. The third kappa shape index (κ3) is 1.89. The first-order valence-electron chi connectivity index (χ1n) is 5.79. The van der Waals surface area contributed by atoms with Crippen molar-refractivity contribution in [3.05, 3.63) is 16.7 Å². The number of H-pyrrole nitrogens is 1. The number of aromatic amines is 1. The van der Waals surface area contributed by atoms with Crippen molar-refractivity contribution < 1.29 is 0 Å². The summed E-state index contributed by atoms with van der Waals surface area (Å²) in [4.78, 5) is 3.15. The van der Waals surface area contributed by atoms with Gasteiger partial charge in [-0.3, -0.25) is 0 Å². The molecular weight excluding hydrogens is 204 g/mol. The second kappa shape index (κ2) is 3.78. The van der Waals surface area contributed by atoms with Crippen molar-refractivity contribution in [2.75, 3.05) is 0 Å². The van der Waals surface area contributed by atoms with E-state index in [-0.39, 0.29) is 0 Å². The number of hydrogen-bond acceptors (Lipinski definition) is 1. The summed E-state index contributed by atoms with van der Waals surface area (Å²) in [5, 5.41) is 0. The molecule has 0 saturated heterocycles. The molecule has 0 spiro atoms. The lowest BCUT2D eigenvalue weighted by atomic mass is 9.73. The zero-order valence-corrected chi connectivity index (χ0v) is 10.7. The molecule has 2 nitrogen and oxygen atoms in total. The standard InChI is InChI=1S/C12H20N2S/c1-9-8-13-11(15)14(9)10-6-4-5-7-12(10,2)3/h8,10H,4-7H2,1-3H3,(H,13,15). The van der Waals surface area contributed by atoms with Crippen molar-refractivity contribution in [2.45, 2.75) is 52.5 Å². The number of rotatable bonds is 1. The lowest BCUT2D eigenvalue weighted by Gasteiger charge is -2.40. The van der Waals surface area contributed by atoms with Crippen molar-refractivity contribution in [3.8, 4) is 0 Å². The second-order valence-corrected chi connectivity index (χ2v) is 5.74. The fourth-order valence-electron chi connectivity index (χ4n) is 2.81. The second-order valence-electron chi connectivity index (χ2n) is 5.36. The number of nitrogens with one attached hydrogen (secondary N) is 1. The normalized spacial score (nSPS) is 25.4. The number of hydrogen-bond donors (Lipinski definition) is 1. The van der Waals surface area contributed by atoms with Crippen LogP contribution in [0.15, 0.2) is 6.20 Å². The molecule has 1 N–H and O–H groups in total. The molecule has 1 aliphatic carbocycles. The molecule has 0 aromatic carbocycles. The molecule has 0 radical (unpaired) electrons. The van der Waals surface area contributed by atoms with Gasteiger partial charge in [0, 0.05) is 17.9 Å². The van der Waals surface area contributed by atoms with Crippen LogP contribution in [0.3, 0.4) is 0 Å². The fourth-order valence-corrected chi connectivity index (χ4v) is 3.14. The Bertz CT molecular complexity index is 400. The quantitative estimate of drug-likeness (QED) is 0.715. The van der Waals surface area contributed by atoms with Gasteiger partial charge in [0.05, 0.1) is 0 Å². The van der Waals surface area contributed by atoms with Gasteiger partial charge < -0.3 is 9.55 Å². The number of imidazole rings is 1. The monoisotopic (exact) mass is 224 g/mol. The van der Waals surface area contributed by atoms with Crippen LogP contribution < -0.4 is 0 Å². The Morgan fingerprint density at radius 2 is 2.20 bits per heavy atom. The van der Waals surface area contributed by atoms with Gasteiger partial charge in [-0.15, -0.1) is 0 Å². The fraction of sp³-hybridized carbons (Fsp3) is 0.750. The van der Waals surface area contributed by atoms with Gasteiger partial charge in [0.25, 0.3) is 0 Å². The average molecular weight is 224 g/mol. The maximum Gasteiger partial charge on any atom is 0.177 e. The summed E-state index contributed by atoms with van der Waals surface area (Å²) in [5.41, 5.74) is 1.64. The summed E-state index contributed by atoms with van der Waals surface area (Å²) in [7, 11) is 0. The topological polar surface area (TPSA) is 20.7 Å². The first-order chi connectivity index (χ1) is 7.02. The molecule has 1 unspecified atom stereocenters. The smallest absolute Gasteiger partial charge is 0.177 e. The molecule has 1 fully saturated rings. The van der Waals surface area contributed by atoms with Gasteiger partial charge >= 0.3 is 0 Å². The summed E-state index contributed by atoms with van der Waals surface area (Å²) in [5.74, 6) is 0. The van der Waals surface area contributed by atoms with Crippen molar-refractivity contribution in [3.63, 3.8) is 0 Å². The minimum Gasteiger partial charge on any atom is -0.337 e. The van der Waals surface area contributed by atoms with Crippen LogP contribution in [0.1, 0.15) is 51.3 Å². The van der Waals surface area contributed by atoms with E-state index in [2.05, 4.69) is 30.3 Å². The molecular formula is C12H20N2S. The number of aromatic nitrogens is 2. The maximum absolute atomic E-state index is 5.36. The summed E-state index contributed by atoms with van der Waals surface area (Å²) in [6.45, 7) is 6.87. The molecule has 1 aromatic heterocycles. The molecule has 1 aromatic rings. The van der Waals surface area contributed by atoms with Crippen molar-refractivity contribution >= 4 is 12.2 Å². The Kier molecular flexibility index (Phi) is 2.75. The minimum absolute atomic E-state index is 0.378. The van der Waals surface area contributed by atoms with Crippen LogP contribution in [0.4, 0.5) is 0 Å². The SMILES string of the molecule is Cc1c[nH]c(=S)n1C1CCCCC1(C)C. The van der Waals surface area contributed by atoms with Crippen LogP contribution in [-0.2, 0) is 0 Å². The maximum atomic E-state index is 5.36. The van der Waals surface area contributed by atoms with E-state index < -0.39 is 0 Å². The Morgan fingerprint density at radius 1 is 1.47 bits per heavy atom. The van der Waals surface area contributed by atoms with Crippen LogP contribution >= 0.6 is 12.2 Å². The minimum atomic E-state index is 0.378. The summed E-state index contributed by atoms with van der Waals surface area (Å²) in [6.07, 6.45) is 7.29. The van der Waals surface area contributed by atoms with Crippen molar-refractivity contribution in [1.82, 2.24) is 9.55 Å².